The predicted octanol–water partition coefficient (Wildman–Crippen LogP) is 5.66. The molecule has 148 valence electrons. The highest BCUT2D eigenvalue weighted by Gasteiger charge is 2.17. The Kier molecular flexibility index (Phi) is 4.40. The Morgan fingerprint density at radius 2 is 1.87 bits per heavy atom. The van der Waals surface area contributed by atoms with Gasteiger partial charge in [0.1, 0.15) is 16.9 Å². The van der Waals surface area contributed by atoms with E-state index < -0.39 is 0 Å². The third-order valence-corrected chi connectivity index (χ3v) is 6.49. The molecule has 5 rings (SSSR count). The molecule has 5 nitrogen and oxygen atoms in total. The van der Waals surface area contributed by atoms with Gasteiger partial charge in [0, 0.05) is 10.3 Å². The SMILES string of the molecule is CC(=O)c1ccc(-c2ccc3ncc4nnn([C@@H](C)c5ccc(F)cc5)c4c3c2)s1. The number of carbonyl (C=O) groups excluding carboxylic acids is 1. The summed E-state index contributed by atoms with van der Waals surface area (Å²) < 4.78 is 15.2. The lowest BCUT2D eigenvalue weighted by Gasteiger charge is -2.14. The summed E-state index contributed by atoms with van der Waals surface area (Å²) in [6.07, 6.45) is 1.72. The van der Waals surface area contributed by atoms with Gasteiger partial charge in [0.05, 0.1) is 22.6 Å². The monoisotopic (exact) mass is 416 g/mol. The molecule has 0 aliphatic carbocycles. The average Bonchev–Trinajstić information content (AvgIpc) is 3.41. The highest BCUT2D eigenvalue weighted by molar-refractivity contribution is 7.17. The molecule has 3 aromatic heterocycles. The van der Waals surface area contributed by atoms with Crippen LogP contribution in [0.25, 0.3) is 32.4 Å². The van der Waals surface area contributed by atoms with Crippen LogP contribution >= 0.6 is 11.3 Å². The van der Waals surface area contributed by atoms with Gasteiger partial charge in [-0.15, -0.1) is 16.4 Å². The number of nitrogens with zero attached hydrogens (tertiary/aromatic N) is 4. The summed E-state index contributed by atoms with van der Waals surface area (Å²) in [5.41, 5.74) is 4.36. The lowest BCUT2D eigenvalue weighted by molar-refractivity contribution is 0.102. The molecule has 30 heavy (non-hydrogen) atoms. The fraction of sp³-hybridized carbons (Fsp3) is 0.130. The number of carbonyl (C=O) groups is 1. The fourth-order valence-electron chi connectivity index (χ4n) is 3.61. The number of aromatic nitrogens is 4. The molecule has 0 N–H and O–H groups in total. The van der Waals surface area contributed by atoms with Gasteiger partial charge in [-0.3, -0.25) is 9.78 Å². The van der Waals surface area contributed by atoms with Crippen LogP contribution in [0.1, 0.15) is 35.1 Å². The van der Waals surface area contributed by atoms with E-state index in [9.17, 15) is 9.18 Å². The van der Waals surface area contributed by atoms with E-state index in [1.165, 1.54) is 23.5 Å². The number of halogens is 1. The first-order valence-electron chi connectivity index (χ1n) is 9.51. The summed E-state index contributed by atoms with van der Waals surface area (Å²) in [6, 6.07) is 16.2. The molecule has 0 aliphatic rings. The molecule has 3 heterocycles. The summed E-state index contributed by atoms with van der Waals surface area (Å²) in [5.74, 6) is -0.207. The van der Waals surface area contributed by atoms with Gasteiger partial charge in [-0.25, -0.2) is 9.07 Å². The maximum absolute atomic E-state index is 13.3. The van der Waals surface area contributed by atoms with Gasteiger partial charge in [-0.1, -0.05) is 23.4 Å². The Balaban J connectivity index is 1.68. The Morgan fingerprint density at radius 1 is 1.07 bits per heavy atom. The highest BCUT2D eigenvalue weighted by atomic mass is 32.1. The molecular formula is C23H17FN4OS. The molecule has 0 spiro atoms. The average molecular weight is 416 g/mol. The van der Waals surface area contributed by atoms with Gasteiger partial charge < -0.3 is 0 Å². The molecule has 7 heteroatoms. The number of ketones is 1. The Bertz CT molecular complexity index is 1400. The van der Waals surface area contributed by atoms with Crippen LogP contribution in [0, 0.1) is 5.82 Å². The number of benzene rings is 2. The number of pyridine rings is 1. The van der Waals surface area contributed by atoms with Crippen LogP contribution in [-0.4, -0.2) is 25.8 Å². The number of hydrogen-bond acceptors (Lipinski definition) is 5. The van der Waals surface area contributed by atoms with E-state index in [-0.39, 0.29) is 17.6 Å². The molecule has 1 atom stereocenters. The van der Waals surface area contributed by atoms with E-state index in [0.717, 1.165) is 37.3 Å². The molecule has 0 saturated carbocycles. The van der Waals surface area contributed by atoms with Crippen LogP contribution in [0.2, 0.25) is 0 Å². The summed E-state index contributed by atoms with van der Waals surface area (Å²) >= 11 is 1.48. The van der Waals surface area contributed by atoms with E-state index in [4.69, 9.17) is 0 Å². The van der Waals surface area contributed by atoms with Gasteiger partial charge in [-0.05, 0) is 61.4 Å². The molecule has 0 radical (unpaired) electrons. The smallest absolute Gasteiger partial charge is 0.169 e. The van der Waals surface area contributed by atoms with Crippen molar-refractivity contribution in [2.24, 2.45) is 0 Å². The third kappa shape index (κ3) is 3.07. The number of hydrogen-bond donors (Lipinski definition) is 0. The molecule has 0 amide bonds. The van der Waals surface area contributed by atoms with Crippen molar-refractivity contribution in [1.82, 2.24) is 20.0 Å². The summed E-state index contributed by atoms with van der Waals surface area (Å²) in [6.45, 7) is 3.58. The number of Topliss-reactive ketones (excluding diaryl/α,β-unsaturated/α-hetero) is 1. The zero-order valence-electron chi connectivity index (χ0n) is 16.3. The zero-order valence-corrected chi connectivity index (χ0v) is 17.2. The fourth-order valence-corrected chi connectivity index (χ4v) is 4.51. The molecule has 0 aliphatic heterocycles. The van der Waals surface area contributed by atoms with Crippen molar-refractivity contribution < 1.29 is 9.18 Å². The zero-order chi connectivity index (χ0) is 20.8. The number of thiophene rings is 1. The Morgan fingerprint density at radius 3 is 2.60 bits per heavy atom. The quantitative estimate of drug-likeness (QED) is 0.355. The first-order valence-corrected chi connectivity index (χ1v) is 10.3. The van der Waals surface area contributed by atoms with Crippen molar-refractivity contribution in [1.29, 1.82) is 0 Å². The second-order valence-corrected chi connectivity index (χ2v) is 8.29. The minimum atomic E-state index is -0.269. The van der Waals surface area contributed by atoms with Crippen molar-refractivity contribution in [3.8, 4) is 10.4 Å². The van der Waals surface area contributed by atoms with Gasteiger partial charge >= 0.3 is 0 Å². The van der Waals surface area contributed by atoms with E-state index >= 15 is 0 Å². The molecule has 0 fully saturated rings. The lowest BCUT2D eigenvalue weighted by atomic mass is 10.1. The van der Waals surface area contributed by atoms with Gasteiger partial charge in [0.15, 0.2) is 5.78 Å². The van der Waals surface area contributed by atoms with Crippen molar-refractivity contribution >= 4 is 39.1 Å². The van der Waals surface area contributed by atoms with E-state index in [1.54, 1.807) is 25.3 Å². The van der Waals surface area contributed by atoms with Crippen molar-refractivity contribution in [2.75, 3.05) is 0 Å². The molecule has 5 aromatic rings. The predicted molar refractivity (Wildman–Crippen MR) is 116 cm³/mol. The molecule has 0 bridgehead atoms. The van der Waals surface area contributed by atoms with E-state index in [0.29, 0.717) is 5.52 Å². The standard InChI is InChI=1S/C23H17FN4OS/c1-13(15-3-6-17(24)7-4-15)28-23-18-11-16(22-10-9-21(30-22)14(2)29)5-8-19(18)25-12-20(23)26-27-28/h3-13H,1-2H3/t13-/m0/s1. The first kappa shape index (κ1) is 18.6. The van der Waals surface area contributed by atoms with E-state index in [1.807, 2.05) is 35.9 Å². The van der Waals surface area contributed by atoms with Gasteiger partial charge in [-0.2, -0.15) is 0 Å². The van der Waals surface area contributed by atoms with E-state index in [2.05, 4.69) is 21.4 Å². The highest BCUT2D eigenvalue weighted by Crippen LogP contribution is 2.33. The number of fused-ring (bicyclic) bond motifs is 3. The van der Waals surface area contributed by atoms with Crippen molar-refractivity contribution in [3.63, 3.8) is 0 Å². The summed E-state index contributed by atoms with van der Waals surface area (Å²) in [4.78, 5) is 17.9. The van der Waals surface area contributed by atoms with Crippen molar-refractivity contribution in [2.45, 2.75) is 19.9 Å². The van der Waals surface area contributed by atoms with Crippen LogP contribution in [-0.2, 0) is 0 Å². The largest absolute Gasteiger partial charge is 0.294 e. The second kappa shape index (κ2) is 7.11. The van der Waals surface area contributed by atoms with Crippen molar-refractivity contribution in [3.05, 3.63) is 77.1 Å². The Labute approximate surface area is 175 Å². The molecule has 2 aromatic carbocycles. The second-order valence-electron chi connectivity index (χ2n) is 7.21. The van der Waals surface area contributed by atoms with Crippen LogP contribution in [0.5, 0.6) is 0 Å². The van der Waals surface area contributed by atoms with Gasteiger partial charge in [0.25, 0.3) is 0 Å². The summed E-state index contributed by atoms with van der Waals surface area (Å²) in [5, 5.41) is 9.59. The van der Waals surface area contributed by atoms with Gasteiger partial charge in [0.2, 0.25) is 0 Å². The molecule has 0 saturated heterocycles. The third-order valence-electron chi connectivity index (χ3n) is 5.25. The van der Waals surface area contributed by atoms with Crippen LogP contribution in [0.4, 0.5) is 4.39 Å². The van der Waals surface area contributed by atoms with Crippen LogP contribution in [0.3, 0.4) is 0 Å². The minimum absolute atomic E-state index is 0.0616. The summed E-state index contributed by atoms with van der Waals surface area (Å²) in [7, 11) is 0. The lowest BCUT2D eigenvalue weighted by Crippen LogP contribution is -2.09. The maximum Gasteiger partial charge on any atom is 0.169 e. The molecule has 0 unspecified atom stereocenters. The number of rotatable bonds is 4. The Hall–Kier alpha value is -3.45. The maximum atomic E-state index is 13.3. The topological polar surface area (TPSA) is 60.7 Å². The first-order chi connectivity index (χ1) is 14.5. The minimum Gasteiger partial charge on any atom is -0.294 e. The van der Waals surface area contributed by atoms with Crippen LogP contribution < -0.4 is 0 Å². The molecular weight excluding hydrogens is 399 g/mol. The normalized spacial score (nSPS) is 12.5. The van der Waals surface area contributed by atoms with Crippen LogP contribution in [0.15, 0.2) is 60.8 Å².